The van der Waals surface area contributed by atoms with Crippen molar-refractivity contribution in [2.75, 3.05) is 13.2 Å². The van der Waals surface area contributed by atoms with Crippen LogP contribution in [0.2, 0.25) is 0 Å². The molecule has 0 radical (unpaired) electrons. The van der Waals surface area contributed by atoms with Crippen molar-refractivity contribution in [2.45, 2.75) is 32.3 Å². The van der Waals surface area contributed by atoms with E-state index in [1.54, 1.807) is 39.2 Å². The van der Waals surface area contributed by atoms with Gasteiger partial charge >= 0.3 is 6.09 Å². The molecule has 0 saturated carbocycles. The number of alkyl carbamates (subject to hydrolysis) is 1. The van der Waals surface area contributed by atoms with E-state index < -0.39 is 11.7 Å². The van der Waals surface area contributed by atoms with Gasteiger partial charge in [-0.05, 0) is 32.4 Å². The summed E-state index contributed by atoms with van der Waals surface area (Å²) in [7, 11) is 0. The number of carbonyl (C=O) groups is 1. The highest BCUT2D eigenvalue weighted by molar-refractivity contribution is 5.67. The number of ether oxygens (including phenoxy) is 1. The maximum absolute atomic E-state index is 11.5. The van der Waals surface area contributed by atoms with Crippen LogP contribution in [-0.4, -0.2) is 34.9 Å². The Labute approximate surface area is 107 Å². The molecule has 0 saturated heterocycles. The molecule has 0 aromatic carbocycles. The Hall–Kier alpha value is -1.62. The van der Waals surface area contributed by atoms with E-state index in [0.29, 0.717) is 6.54 Å². The second-order valence-corrected chi connectivity index (χ2v) is 5.05. The molecule has 0 fully saturated rings. The number of nitrogens with one attached hydrogen (secondary N) is 1. The fourth-order valence-corrected chi connectivity index (χ4v) is 1.43. The Morgan fingerprint density at radius 2 is 2.28 bits per heavy atom. The minimum Gasteiger partial charge on any atom is -0.444 e. The highest BCUT2D eigenvalue weighted by Gasteiger charge is 2.17. The van der Waals surface area contributed by atoms with E-state index in [-0.39, 0.29) is 12.5 Å². The molecule has 1 unspecified atom stereocenters. The first-order chi connectivity index (χ1) is 8.42. The van der Waals surface area contributed by atoms with E-state index in [9.17, 15) is 9.90 Å². The molecule has 0 aliphatic heterocycles. The van der Waals surface area contributed by atoms with Gasteiger partial charge in [0.05, 0.1) is 6.61 Å². The van der Waals surface area contributed by atoms with Gasteiger partial charge in [0.25, 0.3) is 0 Å². The van der Waals surface area contributed by atoms with Gasteiger partial charge < -0.3 is 15.2 Å². The van der Waals surface area contributed by atoms with Crippen molar-refractivity contribution >= 4 is 6.09 Å². The predicted octanol–water partition coefficient (Wildman–Crippen LogP) is 1.68. The number of aliphatic hydroxyl groups is 1. The van der Waals surface area contributed by atoms with Crippen LogP contribution in [0.3, 0.4) is 0 Å². The summed E-state index contributed by atoms with van der Waals surface area (Å²) < 4.78 is 5.12. The number of amides is 1. The Morgan fingerprint density at radius 3 is 2.78 bits per heavy atom. The zero-order chi connectivity index (χ0) is 13.6. The number of rotatable bonds is 4. The average Bonchev–Trinajstić information content (AvgIpc) is 2.29. The minimum atomic E-state index is -0.521. The zero-order valence-electron chi connectivity index (χ0n) is 11.0. The van der Waals surface area contributed by atoms with Crippen LogP contribution < -0.4 is 5.32 Å². The number of hydrogen-bond acceptors (Lipinski definition) is 4. The van der Waals surface area contributed by atoms with Gasteiger partial charge in [0.15, 0.2) is 0 Å². The van der Waals surface area contributed by atoms with E-state index in [4.69, 9.17) is 4.74 Å². The van der Waals surface area contributed by atoms with Crippen LogP contribution in [0.25, 0.3) is 0 Å². The fraction of sp³-hybridized carbons (Fsp3) is 0.538. The van der Waals surface area contributed by atoms with E-state index in [2.05, 4.69) is 10.3 Å². The Bertz CT molecular complexity index is 374. The maximum atomic E-state index is 11.5. The third-order valence-corrected chi connectivity index (χ3v) is 2.27. The molecule has 0 aliphatic carbocycles. The number of aromatic nitrogens is 1. The molecule has 1 rings (SSSR count). The Morgan fingerprint density at radius 1 is 1.56 bits per heavy atom. The van der Waals surface area contributed by atoms with Gasteiger partial charge in [-0.15, -0.1) is 0 Å². The number of pyridine rings is 1. The van der Waals surface area contributed by atoms with Crippen LogP contribution in [0.1, 0.15) is 32.3 Å². The van der Waals surface area contributed by atoms with E-state index in [0.717, 1.165) is 5.56 Å². The topological polar surface area (TPSA) is 71.5 Å². The Kier molecular flexibility index (Phi) is 5.09. The summed E-state index contributed by atoms with van der Waals surface area (Å²) in [6.07, 6.45) is 2.86. The molecule has 1 heterocycles. The molecule has 100 valence electrons. The molecule has 1 aromatic heterocycles. The lowest BCUT2D eigenvalue weighted by Gasteiger charge is -2.21. The van der Waals surface area contributed by atoms with Crippen molar-refractivity contribution in [1.29, 1.82) is 0 Å². The van der Waals surface area contributed by atoms with Crippen molar-refractivity contribution in [3.05, 3.63) is 30.1 Å². The van der Waals surface area contributed by atoms with Crippen molar-refractivity contribution in [3.63, 3.8) is 0 Å². The summed E-state index contributed by atoms with van der Waals surface area (Å²) in [5, 5.41) is 11.9. The molecular formula is C13H20N2O3. The van der Waals surface area contributed by atoms with Crippen molar-refractivity contribution in [3.8, 4) is 0 Å². The molecule has 2 N–H and O–H groups in total. The van der Waals surface area contributed by atoms with Gasteiger partial charge in [-0.25, -0.2) is 4.79 Å². The smallest absolute Gasteiger partial charge is 0.407 e. The van der Waals surface area contributed by atoms with Crippen molar-refractivity contribution in [2.24, 2.45) is 0 Å². The average molecular weight is 252 g/mol. The Balaban J connectivity index is 2.48. The van der Waals surface area contributed by atoms with E-state index >= 15 is 0 Å². The summed E-state index contributed by atoms with van der Waals surface area (Å²) in [6.45, 7) is 5.67. The SMILES string of the molecule is CC(C)(C)OC(=O)NCC(CO)c1cccnc1. The molecular weight excluding hydrogens is 232 g/mol. The molecule has 1 amide bonds. The summed E-state index contributed by atoms with van der Waals surface area (Å²) in [4.78, 5) is 15.5. The number of hydrogen-bond donors (Lipinski definition) is 2. The van der Waals surface area contributed by atoms with Gasteiger partial charge in [0.1, 0.15) is 5.60 Å². The summed E-state index contributed by atoms with van der Waals surface area (Å²) in [5.41, 5.74) is 0.365. The highest BCUT2D eigenvalue weighted by Crippen LogP contribution is 2.13. The summed E-state index contributed by atoms with van der Waals surface area (Å²) in [5.74, 6) is -0.175. The lowest BCUT2D eigenvalue weighted by atomic mass is 10.0. The summed E-state index contributed by atoms with van der Waals surface area (Å²) >= 11 is 0. The van der Waals surface area contributed by atoms with E-state index in [1.807, 2.05) is 6.07 Å². The van der Waals surface area contributed by atoms with Gasteiger partial charge in [-0.1, -0.05) is 6.07 Å². The third-order valence-electron chi connectivity index (χ3n) is 2.27. The number of carbonyl (C=O) groups excluding carboxylic acids is 1. The van der Waals surface area contributed by atoms with Crippen LogP contribution in [0, 0.1) is 0 Å². The highest BCUT2D eigenvalue weighted by atomic mass is 16.6. The largest absolute Gasteiger partial charge is 0.444 e. The lowest BCUT2D eigenvalue weighted by Crippen LogP contribution is -2.35. The first kappa shape index (κ1) is 14.4. The van der Waals surface area contributed by atoms with Gasteiger partial charge in [-0.3, -0.25) is 4.98 Å². The summed E-state index contributed by atoms with van der Waals surface area (Å²) in [6, 6.07) is 3.66. The molecule has 5 heteroatoms. The molecule has 0 aliphatic rings. The minimum absolute atomic E-state index is 0.0541. The standard InChI is InChI=1S/C13H20N2O3/c1-13(2,3)18-12(17)15-8-11(9-16)10-5-4-6-14-7-10/h4-7,11,16H,8-9H2,1-3H3,(H,15,17). The number of nitrogens with zero attached hydrogens (tertiary/aromatic N) is 1. The van der Waals surface area contributed by atoms with Crippen molar-refractivity contribution < 1.29 is 14.6 Å². The molecule has 0 bridgehead atoms. The molecule has 1 atom stereocenters. The molecule has 18 heavy (non-hydrogen) atoms. The number of aliphatic hydroxyl groups excluding tert-OH is 1. The predicted molar refractivity (Wildman–Crippen MR) is 68.3 cm³/mol. The first-order valence-electron chi connectivity index (χ1n) is 5.90. The van der Waals surface area contributed by atoms with Gasteiger partial charge in [0.2, 0.25) is 0 Å². The third kappa shape index (κ3) is 5.14. The maximum Gasteiger partial charge on any atom is 0.407 e. The molecule has 0 spiro atoms. The van der Waals surface area contributed by atoms with Crippen molar-refractivity contribution in [1.82, 2.24) is 10.3 Å². The fourth-order valence-electron chi connectivity index (χ4n) is 1.43. The first-order valence-corrected chi connectivity index (χ1v) is 5.90. The van der Waals surface area contributed by atoms with Crippen LogP contribution in [0.15, 0.2) is 24.5 Å². The van der Waals surface area contributed by atoms with Crippen LogP contribution >= 0.6 is 0 Å². The molecule has 1 aromatic rings. The van der Waals surface area contributed by atoms with Gasteiger partial charge in [-0.2, -0.15) is 0 Å². The second kappa shape index (κ2) is 6.35. The monoisotopic (exact) mass is 252 g/mol. The molecule has 5 nitrogen and oxygen atoms in total. The zero-order valence-corrected chi connectivity index (χ0v) is 11.0. The lowest BCUT2D eigenvalue weighted by molar-refractivity contribution is 0.0521. The second-order valence-electron chi connectivity index (χ2n) is 5.05. The normalized spacial score (nSPS) is 12.9. The quantitative estimate of drug-likeness (QED) is 0.855. The van der Waals surface area contributed by atoms with Crippen LogP contribution in [0.4, 0.5) is 4.79 Å². The van der Waals surface area contributed by atoms with Gasteiger partial charge in [0, 0.05) is 24.9 Å². The van der Waals surface area contributed by atoms with E-state index in [1.165, 1.54) is 0 Å². The van der Waals surface area contributed by atoms with Crippen LogP contribution in [0.5, 0.6) is 0 Å². The van der Waals surface area contributed by atoms with Crippen LogP contribution in [-0.2, 0) is 4.74 Å².